The van der Waals surface area contributed by atoms with E-state index in [9.17, 15) is 0 Å². The van der Waals surface area contributed by atoms with E-state index in [0.29, 0.717) is 0 Å². The van der Waals surface area contributed by atoms with Crippen LogP contribution in [-0.4, -0.2) is 55.3 Å². The van der Waals surface area contributed by atoms with E-state index in [1.54, 1.807) is 0 Å². The van der Waals surface area contributed by atoms with Crippen LogP contribution in [0.5, 0.6) is 0 Å². The summed E-state index contributed by atoms with van der Waals surface area (Å²) in [5.41, 5.74) is 2.44. The SMILES string of the molecule is C=C(C1=NCC(CC)C1)N1CCN(C)CC1. The standard InChI is InChI=1S/C13H23N3/c1-4-12-9-13(14-10-12)11(2)16-7-5-15(3)6-8-16/h12H,2,4-10H2,1,3H3. The minimum absolute atomic E-state index is 0.763. The van der Waals surface area contributed by atoms with E-state index in [2.05, 4.69) is 35.3 Å². The Labute approximate surface area is 98.8 Å². The molecular formula is C13H23N3. The highest BCUT2D eigenvalue weighted by molar-refractivity contribution is 6.00. The largest absolute Gasteiger partial charge is 0.368 e. The van der Waals surface area contributed by atoms with Gasteiger partial charge in [-0.1, -0.05) is 19.9 Å². The molecule has 1 atom stereocenters. The van der Waals surface area contributed by atoms with Crippen molar-refractivity contribution < 1.29 is 0 Å². The second-order valence-electron chi connectivity index (χ2n) is 5.00. The number of hydrogen-bond acceptors (Lipinski definition) is 3. The first kappa shape index (κ1) is 11.6. The number of piperazine rings is 1. The third-order valence-corrected chi connectivity index (χ3v) is 3.82. The smallest absolute Gasteiger partial charge is 0.0578 e. The lowest BCUT2D eigenvalue weighted by Crippen LogP contribution is -2.44. The van der Waals surface area contributed by atoms with Crippen LogP contribution in [0.2, 0.25) is 0 Å². The van der Waals surface area contributed by atoms with E-state index in [1.807, 2.05) is 0 Å². The summed E-state index contributed by atoms with van der Waals surface area (Å²) in [5.74, 6) is 0.763. The molecule has 0 bridgehead atoms. The Hall–Kier alpha value is -0.830. The summed E-state index contributed by atoms with van der Waals surface area (Å²) in [6.07, 6.45) is 2.38. The van der Waals surface area contributed by atoms with Crippen LogP contribution in [0.25, 0.3) is 0 Å². The molecule has 3 nitrogen and oxygen atoms in total. The fourth-order valence-corrected chi connectivity index (χ4v) is 2.38. The molecule has 1 fully saturated rings. The molecule has 2 rings (SSSR count). The maximum Gasteiger partial charge on any atom is 0.0578 e. The van der Waals surface area contributed by atoms with Crippen molar-refractivity contribution in [3.63, 3.8) is 0 Å². The molecule has 3 heteroatoms. The first-order chi connectivity index (χ1) is 7.70. The van der Waals surface area contributed by atoms with E-state index in [1.165, 1.54) is 17.8 Å². The monoisotopic (exact) mass is 221 g/mol. The quantitative estimate of drug-likeness (QED) is 0.721. The highest BCUT2D eigenvalue weighted by Gasteiger charge is 2.23. The van der Waals surface area contributed by atoms with Gasteiger partial charge in [0, 0.05) is 32.7 Å². The molecule has 0 amide bonds. The lowest BCUT2D eigenvalue weighted by molar-refractivity contribution is 0.192. The topological polar surface area (TPSA) is 18.8 Å². The Kier molecular flexibility index (Phi) is 3.64. The Morgan fingerprint density at radius 1 is 1.38 bits per heavy atom. The molecule has 2 aliphatic rings. The molecule has 0 N–H and O–H groups in total. The van der Waals surface area contributed by atoms with E-state index in [-0.39, 0.29) is 0 Å². The van der Waals surface area contributed by atoms with E-state index in [0.717, 1.165) is 45.1 Å². The number of hydrogen-bond donors (Lipinski definition) is 0. The molecule has 90 valence electrons. The molecule has 0 aromatic rings. The van der Waals surface area contributed by atoms with E-state index >= 15 is 0 Å². The minimum atomic E-state index is 0.763. The first-order valence-electron chi connectivity index (χ1n) is 6.36. The zero-order valence-electron chi connectivity index (χ0n) is 10.6. The normalized spacial score (nSPS) is 27.0. The van der Waals surface area contributed by atoms with E-state index < -0.39 is 0 Å². The van der Waals surface area contributed by atoms with E-state index in [4.69, 9.17) is 0 Å². The minimum Gasteiger partial charge on any atom is -0.368 e. The molecule has 16 heavy (non-hydrogen) atoms. The summed E-state index contributed by atoms with van der Waals surface area (Å²) in [6, 6.07) is 0. The van der Waals surface area contributed by atoms with Crippen molar-refractivity contribution in [2.45, 2.75) is 19.8 Å². The lowest BCUT2D eigenvalue weighted by Gasteiger charge is -2.35. The van der Waals surface area contributed by atoms with Gasteiger partial charge in [0.2, 0.25) is 0 Å². The molecule has 2 heterocycles. The zero-order valence-corrected chi connectivity index (χ0v) is 10.6. The lowest BCUT2D eigenvalue weighted by atomic mass is 10.0. The van der Waals surface area contributed by atoms with Gasteiger partial charge in [-0.25, -0.2) is 0 Å². The van der Waals surface area contributed by atoms with Crippen LogP contribution in [0.4, 0.5) is 0 Å². The van der Waals surface area contributed by atoms with Crippen molar-refractivity contribution in [2.75, 3.05) is 39.8 Å². The molecule has 0 saturated carbocycles. The Morgan fingerprint density at radius 2 is 2.06 bits per heavy atom. The fourth-order valence-electron chi connectivity index (χ4n) is 2.38. The van der Waals surface area contributed by atoms with Crippen LogP contribution in [0.15, 0.2) is 17.3 Å². The van der Waals surface area contributed by atoms with Crippen molar-refractivity contribution in [1.29, 1.82) is 0 Å². The molecule has 0 spiro atoms. The Balaban J connectivity index is 1.88. The Bertz CT molecular complexity index is 288. The zero-order chi connectivity index (χ0) is 11.5. The van der Waals surface area contributed by atoms with Crippen LogP contribution in [-0.2, 0) is 0 Å². The van der Waals surface area contributed by atoms with Crippen molar-refractivity contribution >= 4 is 5.71 Å². The molecule has 1 unspecified atom stereocenters. The summed E-state index contributed by atoms with van der Waals surface area (Å²) in [4.78, 5) is 9.41. The molecular weight excluding hydrogens is 198 g/mol. The highest BCUT2D eigenvalue weighted by atomic mass is 15.3. The van der Waals surface area contributed by atoms with Crippen LogP contribution >= 0.6 is 0 Å². The van der Waals surface area contributed by atoms with Gasteiger partial charge in [-0.3, -0.25) is 4.99 Å². The van der Waals surface area contributed by atoms with Crippen LogP contribution in [0.3, 0.4) is 0 Å². The number of aliphatic imine (C=N–C) groups is 1. The van der Waals surface area contributed by atoms with Crippen molar-refractivity contribution in [3.8, 4) is 0 Å². The predicted molar refractivity (Wildman–Crippen MR) is 68.9 cm³/mol. The molecule has 0 aliphatic carbocycles. The molecule has 0 aromatic heterocycles. The first-order valence-corrected chi connectivity index (χ1v) is 6.36. The fraction of sp³-hybridized carbons (Fsp3) is 0.769. The highest BCUT2D eigenvalue weighted by Crippen LogP contribution is 2.22. The van der Waals surface area contributed by atoms with Gasteiger partial charge >= 0.3 is 0 Å². The summed E-state index contributed by atoms with van der Waals surface area (Å²) in [7, 11) is 2.18. The number of allylic oxidation sites excluding steroid dienone is 1. The van der Waals surface area contributed by atoms with Gasteiger partial charge in [0.1, 0.15) is 0 Å². The second-order valence-corrected chi connectivity index (χ2v) is 5.00. The number of likely N-dealkylation sites (N-methyl/N-ethyl adjacent to an activating group) is 1. The maximum atomic E-state index is 4.64. The van der Waals surface area contributed by atoms with Crippen molar-refractivity contribution in [1.82, 2.24) is 9.80 Å². The number of rotatable bonds is 3. The van der Waals surface area contributed by atoms with Crippen LogP contribution in [0, 0.1) is 5.92 Å². The molecule has 0 radical (unpaired) electrons. The van der Waals surface area contributed by atoms with Gasteiger partial charge in [-0.15, -0.1) is 0 Å². The van der Waals surface area contributed by atoms with Gasteiger partial charge in [-0.2, -0.15) is 0 Å². The average Bonchev–Trinajstić information content (AvgIpc) is 2.77. The summed E-state index contributed by atoms with van der Waals surface area (Å²) < 4.78 is 0. The average molecular weight is 221 g/mol. The van der Waals surface area contributed by atoms with Gasteiger partial charge in [-0.05, 0) is 19.4 Å². The summed E-state index contributed by atoms with van der Waals surface area (Å²) in [5, 5.41) is 0. The third kappa shape index (κ3) is 2.46. The third-order valence-electron chi connectivity index (χ3n) is 3.82. The molecule has 0 aromatic carbocycles. The van der Waals surface area contributed by atoms with Crippen molar-refractivity contribution in [2.24, 2.45) is 10.9 Å². The second kappa shape index (κ2) is 5.00. The van der Waals surface area contributed by atoms with Gasteiger partial charge in [0.05, 0.1) is 11.4 Å². The molecule has 1 saturated heterocycles. The number of nitrogens with zero attached hydrogens (tertiary/aromatic N) is 3. The molecule has 2 aliphatic heterocycles. The van der Waals surface area contributed by atoms with Gasteiger partial charge in [0.25, 0.3) is 0 Å². The predicted octanol–water partition coefficient (Wildman–Crippen LogP) is 1.62. The van der Waals surface area contributed by atoms with Crippen molar-refractivity contribution in [3.05, 3.63) is 12.3 Å². The summed E-state index contributed by atoms with van der Waals surface area (Å²) >= 11 is 0. The Morgan fingerprint density at radius 3 is 2.62 bits per heavy atom. The van der Waals surface area contributed by atoms with Gasteiger partial charge < -0.3 is 9.80 Å². The van der Waals surface area contributed by atoms with Crippen LogP contribution < -0.4 is 0 Å². The summed E-state index contributed by atoms with van der Waals surface area (Å²) in [6.45, 7) is 12.0. The van der Waals surface area contributed by atoms with Crippen LogP contribution in [0.1, 0.15) is 19.8 Å². The van der Waals surface area contributed by atoms with Gasteiger partial charge in [0.15, 0.2) is 0 Å². The maximum absolute atomic E-state index is 4.64.